The summed E-state index contributed by atoms with van der Waals surface area (Å²) in [7, 11) is 2.13. The van der Waals surface area contributed by atoms with Crippen molar-refractivity contribution in [1.29, 1.82) is 0 Å². The van der Waals surface area contributed by atoms with E-state index in [9.17, 15) is 4.39 Å². The van der Waals surface area contributed by atoms with Crippen LogP contribution in [0.1, 0.15) is 18.4 Å². The Balaban J connectivity index is 2.05. The average Bonchev–Trinajstić information content (AvgIpc) is 2.42. The summed E-state index contributed by atoms with van der Waals surface area (Å²) >= 11 is 1.99. The van der Waals surface area contributed by atoms with Crippen molar-refractivity contribution in [2.24, 2.45) is 5.73 Å². The standard InChI is InChI=1S/C14H21FN2S/c1-17(9-12-3-5-13(15)6-4-12)14(10-16)7-2-8-18-11-14/h3-6H,2,7-11,16H2,1H3. The molecule has 1 aromatic rings. The second-order valence-corrected chi connectivity index (χ2v) is 6.17. The van der Waals surface area contributed by atoms with Gasteiger partial charge in [-0.3, -0.25) is 4.90 Å². The summed E-state index contributed by atoms with van der Waals surface area (Å²) in [5.41, 5.74) is 7.25. The van der Waals surface area contributed by atoms with Gasteiger partial charge in [0, 0.05) is 24.4 Å². The number of benzene rings is 1. The molecule has 1 aromatic carbocycles. The molecule has 0 radical (unpaired) electrons. The fourth-order valence-corrected chi connectivity index (χ4v) is 3.84. The van der Waals surface area contributed by atoms with Crippen LogP contribution in [0.4, 0.5) is 4.39 Å². The van der Waals surface area contributed by atoms with Gasteiger partial charge < -0.3 is 5.73 Å². The van der Waals surface area contributed by atoms with Crippen molar-refractivity contribution >= 4 is 11.8 Å². The highest BCUT2D eigenvalue weighted by molar-refractivity contribution is 7.99. The third-order valence-corrected chi connectivity index (χ3v) is 5.14. The van der Waals surface area contributed by atoms with Gasteiger partial charge in [0.15, 0.2) is 0 Å². The molecule has 0 amide bonds. The minimum absolute atomic E-state index is 0.108. The highest BCUT2D eigenvalue weighted by Gasteiger charge is 2.34. The molecule has 1 heterocycles. The molecule has 1 fully saturated rings. The van der Waals surface area contributed by atoms with Crippen LogP contribution in [-0.2, 0) is 6.54 Å². The largest absolute Gasteiger partial charge is 0.329 e. The van der Waals surface area contributed by atoms with Gasteiger partial charge in [0.25, 0.3) is 0 Å². The van der Waals surface area contributed by atoms with Crippen molar-refractivity contribution in [3.63, 3.8) is 0 Å². The Hall–Kier alpha value is -0.580. The lowest BCUT2D eigenvalue weighted by molar-refractivity contribution is 0.127. The van der Waals surface area contributed by atoms with Crippen LogP contribution in [0.25, 0.3) is 0 Å². The van der Waals surface area contributed by atoms with E-state index in [1.165, 1.54) is 24.3 Å². The molecule has 18 heavy (non-hydrogen) atoms. The van der Waals surface area contributed by atoms with Crippen LogP contribution >= 0.6 is 11.8 Å². The number of rotatable bonds is 4. The van der Waals surface area contributed by atoms with Gasteiger partial charge in [-0.1, -0.05) is 12.1 Å². The zero-order valence-electron chi connectivity index (χ0n) is 10.9. The zero-order chi connectivity index (χ0) is 13.0. The number of halogens is 1. The molecule has 1 saturated heterocycles. The van der Waals surface area contributed by atoms with Gasteiger partial charge in [-0.25, -0.2) is 4.39 Å². The number of nitrogens with two attached hydrogens (primary N) is 1. The lowest BCUT2D eigenvalue weighted by Crippen LogP contribution is -2.55. The summed E-state index contributed by atoms with van der Waals surface area (Å²) in [5.74, 6) is 2.16. The molecular formula is C14H21FN2S. The molecule has 1 atom stereocenters. The van der Waals surface area contributed by atoms with Gasteiger partial charge in [0.1, 0.15) is 5.82 Å². The lowest BCUT2D eigenvalue weighted by atomic mass is 9.93. The molecule has 2 nitrogen and oxygen atoms in total. The van der Waals surface area contributed by atoms with Crippen molar-refractivity contribution in [3.05, 3.63) is 35.6 Å². The van der Waals surface area contributed by atoms with E-state index >= 15 is 0 Å². The van der Waals surface area contributed by atoms with E-state index in [-0.39, 0.29) is 11.4 Å². The highest BCUT2D eigenvalue weighted by atomic mass is 32.2. The Morgan fingerprint density at radius 3 is 2.67 bits per heavy atom. The monoisotopic (exact) mass is 268 g/mol. The van der Waals surface area contributed by atoms with Crippen molar-refractivity contribution in [2.75, 3.05) is 25.1 Å². The van der Waals surface area contributed by atoms with E-state index in [0.717, 1.165) is 24.3 Å². The van der Waals surface area contributed by atoms with Crippen molar-refractivity contribution in [2.45, 2.75) is 24.9 Å². The summed E-state index contributed by atoms with van der Waals surface area (Å²) in [6, 6.07) is 6.75. The van der Waals surface area contributed by atoms with Crippen LogP contribution < -0.4 is 5.73 Å². The minimum atomic E-state index is -0.178. The summed E-state index contributed by atoms with van der Waals surface area (Å²) < 4.78 is 12.9. The van der Waals surface area contributed by atoms with E-state index in [2.05, 4.69) is 11.9 Å². The molecule has 1 unspecified atom stereocenters. The number of likely N-dealkylation sites (N-methyl/N-ethyl adjacent to an activating group) is 1. The van der Waals surface area contributed by atoms with E-state index in [1.807, 2.05) is 23.9 Å². The van der Waals surface area contributed by atoms with Crippen LogP contribution in [-0.4, -0.2) is 35.5 Å². The zero-order valence-corrected chi connectivity index (χ0v) is 11.7. The average molecular weight is 268 g/mol. The van der Waals surface area contributed by atoms with Gasteiger partial charge >= 0.3 is 0 Å². The Morgan fingerprint density at radius 2 is 2.11 bits per heavy atom. The van der Waals surface area contributed by atoms with Crippen LogP contribution in [0.2, 0.25) is 0 Å². The van der Waals surface area contributed by atoms with Crippen molar-refractivity contribution in [1.82, 2.24) is 4.90 Å². The second kappa shape index (κ2) is 6.04. The van der Waals surface area contributed by atoms with E-state index < -0.39 is 0 Å². The van der Waals surface area contributed by atoms with Gasteiger partial charge in [0.05, 0.1) is 0 Å². The first-order valence-corrected chi connectivity index (χ1v) is 7.55. The second-order valence-electron chi connectivity index (χ2n) is 5.07. The quantitative estimate of drug-likeness (QED) is 0.909. The third-order valence-electron chi connectivity index (χ3n) is 3.82. The summed E-state index contributed by atoms with van der Waals surface area (Å²) in [6.07, 6.45) is 2.39. The van der Waals surface area contributed by atoms with Crippen LogP contribution in [0.5, 0.6) is 0 Å². The molecule has 1 aliphatic heterocycles. The molecule has 0 bridgehead atoms. The first kappa shape index (κ1) is 13.8. The van der Waals surface area contributed by atoms with Crippen LogP contribution in [0, 0.1) is 5.82 Å². The Kier molecular flexibility index (Phi) is 4.65. The number of hydrogen-bond acceptors (Lipinski definition) is 3. The minimum Gasteiger partial charge on any atom is -0.329 e. The first-order valence-electron chi connectivity index (χ1n) is 6.40. The molecule has 2 rings (SSSR count). The Bertz CT molecular complexity index is 374. The molecule has 2 N–H and O–H groups in total. The Labute approximate surface area is 113 Å². The molecule has 100 valence electrons. The maximum atomic E-state index is 12.9. The summed E-state index contributed by atoms with van der Waals surface area (Å²) in [4.78, 5) is 2.34. The van der Waals surface area contributed by atoms with Gasteiger partial charge in [0.2, 0.25) is 0 Å². The predicted molar refractivity (Wildman–Crippen MR) is 76.2 cm³/mol. The topological polar surface area (TPSA) is 29.3 Å². The van der Waals surface area contributed by atoms with Crippen LogP contribution in [0.15, 0.2) is 24.3 Å². The molecule has 4 heteroatoms. The maximum absolute atomic E-state index is 12.9. The normalized spacial score (nSPS) is 24.4. The summed E-state index contributed by atoms with van der Waals surface area (Å²) in [6.45, 7) is 1.52. The Morgan fingerprint density at radius 1 is 1.39 bits per heavy atom. The van der Waals surface area contributed by atoms with E-state index in [4.69, 9.17) is 5.73 Å². The van der Waals surface area contributed by atoms with Crippen molar-refractivity contribution < 1.29 is 4.39 Å². The number of thioether (sulfide) groups is 1. The van der Waals surface area contributed by atoms with E-state index in [1.54, 1.807) is 0 Å². The first-order chi connectivity index (χ1) is 8.66. The molecule has 0 aromatic heterocycles. The molecule has 0 aliphatic carbocycles. The summed E-state index contributed by atoms with van der Waals surface area (Å²) in [5, 5.41) is 0. The van der Waals surface area contributed by atoms with Gasteiger partial charge in [-0.15, -0.1) is 0 Å². The van der Waals surface area contributed by atoms with Crippen LogP contribution in [0.3, 0.4) is 0 Å². The van der Waals surface area contributed by atoms with E-state index in [0.29, 0.717) is 6.54 Å². The van der Waals surface area contributed by atoms with Gasteiger partial charge in [-0.2, -0.15) is 11.8 Å². The third kappa shape index (κ3) is 3.05. The molecule has 0 saturated carbocycles. The van der Waals surface area contributed by atoms with Crippen molar-refractivity contribution in [3.8, 4) is 0 Å². The fourth-order valence-electron chi connectivity index (χ4n) is 2.49. The smallest absolute Gasteiger partial charge is 0.123 e. The molecule has 0 spiro atoms. The molecular weight excluding hydrogens is 247 g/mol. The number of hydrogen-bond donors (Lipinski definition) is 1. The molecule has 1 aliphatic rings. The SMILES string of the molecule is CN(Cc1ccc(F)cc1)C1(CN)CCCSC1. The highest BCUT2D eigenvalue weighted by Crippen LogP contribution is 2.31. The van der Waals surface area contributed by atoms with Gasteiger partial charge in [-0.05, 0) is 43.3 Å². The predicted octanol–water partition coefficient (Wildman–Crippen LogP) is 2.48. The number of nitrogens with zero attached hydrogens (tertiary/aromatic N) is 1. The fraction of sp³-hybridized carbons (Fsp3) is 0.571. The lowest BCUT2D eigenvalue weighted by Gasteiger charge is -2.43. The maximum Gasteiger partial charge on any atom is 0.123 e.